The van der Waals surface area contributed by atoms with Gasteiger partial charge in [-0.25, -0.2) is 8.78 Å². The van der Waals surface area contributed by atoms with Crippen LogP contribution in [0.1, 0.15) is 52.0 Å². The maximum absolute atomic E-state index is 13.2. The number of unbranched alkanes of at least 4 members (excludes halogenated alkanes) is 1. The Labute approximate surface area is 139 Å². The molecule has 1 aromatic rings. The minimum atomic E-state index is -0.802. The Morgan fingerprint density at radius 3 is 2.61 bits per heavy atom. The molecule has 0 spiro atoms. The number of hydrogen-bond acceptors (Lipinski definition) is 1. The molecular formula is C20H29F2N. The molecular weight excluding hydrogens is 292 g/mol. The van der Waals surface area contributed by atoms with E-state index < -0.39 is 11.6 Å². The van der Waals surface area contributed by atoms with Crippen molar-refractivity contribution in [3.05, 3.63) is 59.3 Å². The number of halogens is 2. The number of nitrogens with one attached hydrogen (secondary N) is 1. The van der Waals surface area contributed by atoms with Gasteiger partial charge in [-0.15, -0.1) is 0 Å². The molecule has 0 aliphatic rings. The quantitative estimate of drug-likeness (QED) is 0.539. The van der Waals surface area contributed by atoms with E-state index >= 15 is 0 Å². The molecule has 0 saturated carbocycles. The predicted molar refractivity (Wildman–Crippen MR) is 94.3 cm³/mol. The predicted octanol–water partition coefficient (Wildman–Crippen LogP) is 5.77. The van der Waals surface area contributed by atoms with Crippen molar-refractivity contribution in [2.24, 2.45) is 5.92 Å². The molecule has 0 aliphatic heterocycles. The van der Waals surface area contributed by atoms with Gasteiger partial charge in [0.2, 0.25) is 0 Å². The summed E-state index contributed by atoms with van der Waals surface area (Å²) >= 11 is 0. The molecule has 0 heterocycles. The summed E-state index contributed by atoms with van der Waals surface area (Å²) in [5.41, 5.74) is 2.94. The molecule has 0 saturated heterocycles. The summed E-state index contributed by atoms with van der Waals surface area (Å²) in [7, 11) is 0. The zero-order valence-corrected chi connectivity index (χ0v) is 14.6. The van der Waals surface area contributed by atoms with Crippen molar-refractivity contribution in [3.63, 3.8) is 0 Å². The second-order valence-corrected chi connectivity index (χ2v) is 6.07. The molecule has 1 N–H and O–H groups in total. The first kappa shape index (κ1) is 19.4. The van der Waals surface area contributed by atoms with E-state index in [1.54, 1.807) is 6.07 Å². The van der Waals surface area contributed by atoms with E-state index in [-0.39, 0.29) is 0 Å². The van der Waals surface area contributed by atoms with Gasteiger partial charge in [0.1, 0.15) is 0 Å². The second kappa shape index (κ2) is 10.2. The summed E-state index contributed by atoms with van der Waals surface area (Å²) in [4.78, 5) is 0. The van der Waals surface area contributed by atoms with Crippen molar-refractivity contribution in [1.82, 2.24) is 5.32 Å². The van der Waals surface area contributed by atoms with Crippen LogP contribution in [0.25, 0.3) is 0 Å². The first-order chi connectivity index (χ1) is 11.0. The Morgan fingerprint density at radius 1 is 1.26 bits per heavy atom. The maximum Gasteiger partial charge on any atom is 0.159 e. The van der Waals surface area contributed by atoms with Crippen molar-refractivity contribution in [1.29, 1.82) is 0 Å². The number of allylic oxidation sites excluding steroid dienone is 2. The molecule has 23 heavy (non-hydrogen) atoms. The number of benzene rings is 1. The normalized spacial score (nSPS) is 13.0. The van der Waals surface area contributed by atoms with Crippen molar-refractivity contribution >= 4 is 0 Å². The fraction of sp³-hybridized carbons (Fsp3) is 0.500. The largest absolute Gasteiger partial charge is 0.385 e. The molecule has 0 radical (unpaired) electrons. The van der Waals surface area contributed by atoms with Gasteiger partial charge in [0, 0.05) is 12.2 Å². The molecule has 3 heteroatoms. The molecule has 1 unspecified atom stereocenters. The van der Waals surface area contributed by atoms with Gasteiger partial charge in [0.05, 0.1) is 0 Å². The number of hydrogen-bond donors (Lipinski definition) is 1. The van der Waals surface area contributed by atoms with Gasteiger partial charge in [0.25, 0.3) is 0 Å². The van der Waals surface area contributed by atoms with Gasteiger partial charge in [-0.05, 0) is 48.4 Å². The van der Waals surface area contributed by atoms with E-state index in [4.69, 9.17) is 0 Å². The molecule has 1 atom stereocenters. The fourth-order valence-electron chi connectivity index (χ4n) is 2.55. The molecule has 0 aliphatic carbocycles. The summed E-state index contributed by atoms with van der Waals surface area (Å²) in [5.74, 6) is -1.04. The highest BCUT2D eigenvalue weighted by Gasteiger charge is 2.05. The van der Waals surface area contributed by atoms with Gasteiger partial charge >= 0.3 is 0 Å². The lowest BCUT2D eigenvalue weighted by Crippen LogP contribution is -2.17. The van der Waals surface area contributed by atoms with E-state index in [9.17, 15) is 8.78 Å². The topological polar surface area (TPSA) is 12.0 Å². The first-order valence-corrected chi connectivity index (χ1v) is 8.55. The van der Waals surface area contributed by atoms with Gasteiger partial charge < -0.3 is 5.32 Å². The monoisotopic (exact) mass is 321 g/mol. The smallest absolute Gasteiger partial charge is 0.159 e. The fourth-order valence-corrected chi connectivity index (χ4v) is 2.55. The summed E-state index contributed by atoms with van der Waals surface area (Å²) in [6, 6.07) is 4.04. The lowest BCUT2D eigenvalue weighted by Gasteiger charge is -2.15. The summed E-state index contributed by atoms with van der Waals surface area (Å²) < 4.78 is 26.1. The average molecular weight is 321 g/mol. The molecule has 1 aromatic carbocycles. The first-order valence-electron chi connectivity index (χ1n) is 8.55. The van der Waals surface area contributed by atoms with Crippen molar-refractivity contribution < 1.29 is 8.78 Å². The Hall–Kier alpha value is -1.64. The van der Waals surface area contributed by atoms with Crippen LogP contribution in [0.15, 0.2) is 42.1 Å². The van der Waals surface area contributed by atoms with Gasteiger partial charge in [-0.3, -0.25) is 0 Å². The van der Waals surface area contributed by atoms with Crippen LogP contribution < -0.4 is 5.32 Å². The average Bonchev–Trinajstić information content (AvgIpc) is 2.53. The van der Waals surface area contributed by atoms with E-state index in [1.165, 1.54) is 37.0 Å². The van der Waals surface area contributed by atoms with E-state index in [2.05, 4.69) is 38.7 Å². The van der Waals surface area contributed by atoms with Gasteiger partial charge in [-0.2, -0.15) is 0 Å². The molecule has 128 valence electrons. The zero-order chi connectivity index (χ0) is 17.2. The van der Waals surface area contributed by atoms with Crippen molar-refractivity contribution in [2.45, 2.75) is 52.9 Å². The SMILES string of the molecule is C=C(NCCc1ccc(F)c(F)c1)/C(=C\C(C)CCCC)CC. The Kier molecular flexibility index (Phi) is 8.60. The van der Waals surface area contributed by atoms with Crippen LogP contribution in [-0.4, -0.2) is 6.54 Å². The summed E-state index contributed by atoms with van der Waals surface area (Å²) in [6.45, 7) is 11.3. The van der Waals surface area contributed by atoms with Crippen LogP contribution in [-0.2, 0) is 6.42 Å². The standard InChI is InChI=1S/C20H29F2N/c1-5-7-8-15(3)13-18(6-2)16(4)23-12-11-17-9-10-19(21)20(22)14-17/h9-10,13-15,23H,4-8,11-12H2,1-3H3/b18-13-. The highest BCUT2D eigenvalue weighted by atomic mass is 19.2. The number of rotatable bonds is 10. The van der Waals surface area contributed by atoms with E-state index in [1.807, 2.05) is 0 Å². The Morgan fingerprint density at radius 2 is 2.00 bits per heavy atom. The Bertz CT molecular complexity index is 534. The molecule has 1 nitrogen and oxygen atoms in total. The van der Waals surface area contributed by atoms with Crippen molar-refractivity contribution in [2.75, 3.05) is 6.54 Å². The minimum absolute atomic E-state index is 0.551. The maximum atomic E-state index is 13.2. The molecule has 0 aromatic heterocycles. The third-order valence-corrected chi connectivity index (χ3v) is 4.00. The highest BCUT2D eigenvalue weighted by Crippen LogP contribution is 2.17. The Balaban J connectivity index is 2.49. The van der Waals surface area contributed by atoms with E-state index in [0.717, 1.165) is 17.7 Å². The molecule has 0 fully saturated rings. The van der Waals surface area contributed by atoms with Crippen LogP contribution in [0, 0.1) is 17.6 Å². The minimum Gasteiger partial charge on any atom is -0.385 e. The van der Waals surface area contributed by atoms with Gasteiger partial charge in [0.15, 0.2) is 11.6 Å². The zero-order valence-electron chi connectivity index (χ0n) is 14.6. The van der Waals surface area contributed by atoms with Gasteiger partial charge in [-0.1, -0.05) is 52.3 Å². The molecule has 1 rings (SSSR count). The molecule has 0 amide bonds. The third-order valence-electron chi connectivity index (χ3n) is 4.00. The van der Waals surface area contributed by atoms with Crippen LogP contribution in [0.4, 0.5) is 8.78 Å². The van der Waals surface area contributed by atoms with Crippen LogP contribution >= 0.6 is 0 Å². The lowest BCUT2D eigenvalue weighted by molar-refractivity contribution is 0.507. The summed E-state index contributed by atoms with van der Waals surface area (Å²) in [6.07, 6.45) is 7.52. The van der Waals surface area contributed by atoms with Crippen LogP contribution in [0.3, 0.4) is 0 Å². The van der Waals surface area contributed by atoms with E-state index in [0.29, 0.717) is 18.9 Å². The second-order valence-electron chi connectivity index (χ2n) is 6.07. The highest BCUT2D eigenvalue weighted by molar-refractivity contribution is 5.27. The van der Waals surface area contributed by atoms with Crippen molar-refractivity contribution in [3.8, 4) is 0 Å². The van der Waals surface area contributed by atoms with Crippen LogP contribution in [0.5, 0.6) is 0 Å². The summed E-state index contributed by atoms with van der Waals surface area (Å²) in [5, 5.41) is 3.30. The van der Waals surface area contributed by atoms with Crippen LogP contribution in [0.2, 0.25) is 0 Å². The third kappa shape index (κ3) is 6.98. The molecule has 0 bridgehead atoms. The lowest BCUT2D eigenvalue weighted by atomic mass is 9.98.